The fourth-order valence-electron chi connectivity index (χ4n) is 0.898. The van der Waals surface area contributed by atoms with Crippen molar-refractivity contribution in [3.63, 3.8) is 0 Å². The molecule has 1 unspecified atom stereocenters. The molecule has 0 saturated heterocycles. The summed E-state index contributed by atoms with van der Waals surface area (Å²) in [5, 5.41) is 8.70. The standard InChI is InChI=1S/C8H16N2O4S/c1-4-5-7(8(11)12)10-15(13,14)9-6(2)3/h4,6-7,9-10H,1,5H2,2-3H3,(H,11,12). The van der Waals surface area contributed by atoms with Crippen molar-refractivity contribution in [2.75, 3.05) is 0 Å². The molecule has 0 aliphatic rings. The maximum Gasteiger partial charge on any atom is 0.322 e. The lowest BCUT2D eigenvalue weighted by Crippen LogP contribution is -2.48. The molecule has 7 heteroatoms. The van der Waals surface area contributed by atoms with Crippen molar-refractivity contribution in [2.24, 2.45) is 0 Å². The lowest BCUT2D eigenvalue weighted by molar-refractivity contribution is -0.138. The first-order valence-electron chi connectivity index (χ1n) is 4.41. The molecule has 0 aromatic rings. The molecule has 3 N–H and O–H groups in total. The summed E-state index contributed by atoms with van der Waals surface area (Å²) >= 11 is 0. The van der Waals surface area contributed by atoms with Crippen LogP contribution < -0.4 is 9.44 Å². The SMILES string of the molecule is C=CCC(NS(=O)(=O)NC(C)C)C(=O)O. The van der Waals surface area contributed by atoms with Crippen LogP contribution in [0, 0.1) is 0 Å². The van der Waals surface area contributed by atoms with Gasteiger partial charge in [0, 0.05) is 6.04 Å². The maximum absolute atomic E-state index is 11.3. The van der Waals surface area contributed by atoms with E-state index < -0.39 is 22.2 Å². The Hall–Kier alpha value is -0.920. The molecule has 0 aliphatic carbocycles. The van der Waals surface area contributed by atoms with E-state index in [0.717, 1.165) is 0 Å². The lowest BCUT2D eigenvalue weighted by atomic mass is 10.2. The third kappa shape index (κ3) is 6.21. The third-order valence-corrected chi connectivity index (χ3v) is 2.77. The normalized spacial score (nSPS) is 13.8. The topological polar surface area (TPSA) is 95.5 Å². The van der Waals surface area contributed by atoms with E-state index in [9.17, 15) is 13.2 Å². The summed E-state index contributed by atoms with van der Waals surface area (Å²) in [6.45, 7) is 6.64. The Labute approximate surface area is 89.6 Å². The van der Waals surface area contributed by atoms with Crippen LogP contribution in [0.15, 0.2) is 12.7 Å². The molecule has 0 saturated carbocycles. The van der Waals surface area contributed by atoms with Gasteiger partial charge in [-0.15, -0.1) is 6.58 Å². The first kappa shape index (κ1) is 14.1. The number of hydrogen-bond acceptors (Lipinski definition) is 3. The van der Waals surface area contributed by atoms with Gasteiger partial charge in [0.25, 0.3) is 10.2 Å². The summed E-state index contributed by atoms with van der Waals surface area (Å²) in [5.74, 6) is -1.23. The number of hydrogen-bond donors (Lipinski definition) is 3. The van der Waals surface area contributed by atoms with Crippen molar-refractivity contribution < 1.29 is 18.3 Å². The van der Waals surface area contributed by atoms with Gasteiger partial charge in [0.15, 0.2) is 0 Å². The Balaban J connectivity index is 4.52. The minimum absolute atomic E-state index is 0.0361. The average molecular weight is 236 g/mol. The van der Waals surface area contributed by atoms with E-state index in [2.05, 4.69) is 11.3 Å². The number of rotatable bonds is 7. The molecule has 0 rings (SSSR count). The van der Waals surface area contributed by atoms with Gasteiger partial charge in [0.2, 0.25) is 0 Å². The van der Waals surface area contributed by atoms with Crippen molar-refractivity contribution in [1.82, 2.24) is 9.44 Å². The van der Waals surface area contributed by atoms with Crippen LogP contribution >= 0.6 is 0 Å². The highest BCUT2D eigenvalue weighted by molar-refractivity contribution is 7.87. The summed E-state index contributed by atoms with van der Waals surface area (Å²) in [4.78, 5) is 10.7. The van der Waals surface area contributed by atoms with Gasteiger partial charge in [-0.25, -0.2) is 0 Å². The van der Waals surface area contributed by atoms with E-state index in [0.29, 0.717) is 0 Å². The minimum Gasteiger partial charge on any atom is -0.480 e. The molecular formula is C8H16N2O4S. The summed E-state index contributed by atoms with van der Waals surface area (Å²) in [7, 11) is -3.78. The van der Waals surface area contributed by atoms with Crippen LogP contribution in [-0.2, 0) is 15.0 Å². The molecule has 15 heavy (non-hydrogen) atoms. The van der Waals surface area contributed by atoms with E-state index in [1.807, 2.05) is 4.72 Å². The van der Waals surface area contributed by atoms with Gasteiger partial charge in [-0.2, -0.15) is 17.9 Å². The highest BCUT2D eigenvalue weighted by Crippen LogP contribution is 1.96. The predicted octanol–water partition coefficient (Wildman–Crippen LogP) is -0.152. The molecule has 0 amide bonds. The van der Waals surface area contributed by atoms with E-state index in [-0.39, 0.29) is 12.5 Å². The molecule has 0 aromatic carbocycles. The number of carboxylic acid groups (broad SMARTS) is 1. The highest BCUT2D eigenvalue weighted by Gasteiger charge is 2.22. The van der Waals surface area contributed by atoms with Crippen LogP contribution in [0.1, 0.15) is 20.3 Å². The first-order chi connectivity index (χ1) is 6.78. The Bertz CT molecular complexity index is 324. The number of nitrogens with one attached hydrogen (secondary N) is 2. The molecule has 0 aliphatic heterocycles. The zero-order valence-electron chi connectivity index (χ0n) is 8.73. The van der Waals surface area contributed by atoms with Crippen molar-refractivity contribution in [2.45, 2.75) is 32.4 Å². The molecule has 88 valence electrons. The summed E-state index contributed by atoms with van der Waals surface area (Å²) < 4.78 is 26.9. The van der Waals surface area contributed by atoms with Gasteiger partial charge >= 0.3 is 5.97 Å². The van der Waals surface area contributed by atoms with E-state index in [1.165, 1.54) is 6.08 Å². The van der Waals surface area contributed by atoms with Gasteiger partial charge in [-0.1, -0.05) is 6.08 Å². The predicted molar refractivity (Wildman–Crippen MR) is 56.6 cm³/mol. The zero-order valence-corrected chi connectivity index (χ0v) is 9.54. The van der Waals surface area contributed by atoms with Gasteiger partial charge in [-0.05, 0) is 20.3 Å². The third-order valence-electron chi connectivity index (χ3n) is 1.39. The largest absolute Gasteiger partial charge is 0.480 e. The fourth-order valence-corrected chi connectivity index (χ4v) is 2.16. The Morgan fingerprint density at radius 1 is 1.47 bits per heavy atom. The van der Waals surface area contributed by atoms with Gasteiger partial charge in [-0.3, -0.25) is 4.79 Å². The van der Waals surface area contributed by atoms with Gasteiger partial charge in [0.1, 0.15) is 6.04 Å². The molecule has 0 aromatic heterocycles. The van der Waals surface area contributed by atoms with Crippen LogP contribution in [0.2, 0.25) is 0 Å². The van der Waals surface area contributed by atoms with Crippen LogP contribution in [0.25, 0.3) is 0 Å². The maximum atomic E-state index is 11.3. The summed E-state index contributed by atoms with van der Waals surface area (Å²) in [5.41, 5.74) is 0. The van der Waals surface area contributed by atoms with Gasteiger partial charge in [0.05, 0.1) is 0 Å². The number of aliphatic carboxylic acids is 1. The quantitative estimate of drug-likeness (QED) is 0.536. The van der Waals surface area contributed by atoms with Crippen molar-refractivity contribution in [3.05, 3.63) is 12.7 Å². The van der Waals surface area contributed by atoms with E-state index in [1.54, 1.807) is 13.8 Å². The second kappa shape index (κ2) is 5.84. The lowest BCUT2D eigenvalue weighted by Gasteiger charge is -2.15. The van der Waals surface area contributed by atoms with Crippen LogP contribution in [0.3, 0.4) is 0 Å². The molecule has 0 heterocycles. The molecular weight excluding hydrogens is 220 g/mol. The van der Waals surface area contributed by atoms with Crippen LogP contribution in [0.4, 0.5) is 0 Å². The monoisotopic (exact) mass is 236 g/mol. The molecule has 0 fully saturated rings. The summed E-state index contributed by atoms with van der Waals surface area (Å²) in [6.07, 6.45) is 1.38. The van der Waals surface area contributed by atoms with Crippen LogP contribution in [0.5, 0.6) is 0 Å². The summed E-state index contributed by atoms with van der Waals surface area (Å²) in [6, 6.07) is -1.47. The Morgan fingerprint density at radius 2 is 2.00 bits per heavy atom. The Morgan fingerprint density at radius 3 is 2.33 bits per heavy atom. The minimum atomic E-state index is -3.78. The van der Waals surface area contributed by atoms with Crippen LogP contribution in [-0.4, -0.2) is 31.6 Å². The molecule has 0 bridgehead atoms. The van der Waals surface area contributed by atoms with Crippen molar-refractivity contribution >= 4 is 16.2 Å². The van der Waals surface area contributed by atoms with E-state index >= 15 is 0 Å². The molecule has 0 radical (unpaired) electrons. The smallest absolute Gasteiger partial charge is 0.322 e. The second-order valence-corrected chi connectivity index (χ2v) is 4.79. The van der Waals surface area contributed by atoms with E-state index in [4.69, 9.17) is 5.11 Å². The van der Waals surface area contributed by atoms with Gasteiger partial charge < -0.3 is 5.11 Å². The zero-order chi connectivity index (χ0) is 12.1. The highest BCUT2D eigenvalue weighted by atomic mass is 32.2. The first-order valence-corrected chi connectivity index (χ1v) is 5.90. The average Bonchev–Trinajstić information content (AvgIpc) is 2.00. The molecule has 6 nitrogen and oxygen atoms in total. The number of carbonyl (C=O) groups is 1. The molecule has 1 atom stereocenters. The van der Waals surface area contributed by atoms with Crippen molar-refractivity contribution in [3.8, 4) is 0 Å². The number of carboxylic acids is 1. The Kier molecular flexibility index (Phi) is 5.48. The second-order valence-electron chi connectivity index (χ2n) is 3.31. The fraction of sp³-hybridized carbons (Fsp3) is 0.625. The van der Waals surface area contributed by atoms with Crippen molar-refractivity contribution in [1.29, 1.82) is 0 Å². The molecule has 0 spiro atoms.